The van der Waals surface area contributed by atoms with Gasteiger partial charge in [-0.25, -0.2) is 14.8 Å². The van der Waals surface area contributed by atoms with Crippen molar-refractivity contribution in [3.05, 3.63) is 47.8 Å². The van der Waals surface area contributed by atoms with Crippen molar-refractivity contribution in [3.8, 4) is 11.4 Å². The number of aromatic nitrogens is 2. The van der Waals surface area contributed by atoms with Gasteiger partial charge in [0, 0.05) is 36.7 Å². The summed E-state index contributed by atoms with van der Waals surface area (Å²) in [5.74, 6) is -1.36. The molecule has 1 aromatic heterocycles. The Morgan fingerprint density at radius 1 is 1.08 bits per heavy atom. The Morgan fingerprint density at radius 2 is 1.79 bits per heavy atom. The van der Waals surface area contributed by atoms with E-state index in [9.17, 15) is 24.3 Å². The molecule has 1 aromatic carbocycles. The second-order valence-electron chi connectivity index (χ2n) is 9.13. The number of hydrogen-bond acceptors (Lipinski definition) is 9. The molecule has 2 heterocycles. The van der Waals surface area contributed by atoms with E-state index >= 15 is 0 Å². The number of carbonyl (C=O) groups is 4. The number of rotatable bonds is 10. The van der Waals surface area contributed by atoms with E-state index in [2.05, 4.69) is 15.3 Å². The smallest absolute Gasteiger partial charge is 0.481 e. The molecule has 1 aliphatic heterocycles. The Balaban J connectivity index is 1.47. The lowest BCUT2D eigenvalue weighted by atomic mass is 10.1. The van der Waals surface area contributed by atoms with Gasteiger partial charge < -0.3 is 24.9 Å². The molecule has 2 aromatic rings. The molecule has 2 fully saturated rings. The third kappa shape index (κ3) is 7.25. The second-order valence-corrected chi connectivity index (χ2v) is 9.13. The van der Waals surface area contributed by atoms with Crippen LogP contribution in [0.2, 0.25) is 0 Å². The summed E-state index contributed by atoms with van der Waals surface area (Å²) in [6, 6.07) is 9.90. The van der Waals surface area contributed by atoms with E-state index in [0.29, 0.717) is 5.82 Å². The number of aliphatic carboxylic acids is 1. The minimum Gasteiger partial charge on any atom is -0.481 e. The summed E-state index contributed by atoms with van der Waals surface area (Å²) in [7, 11) is 0. The highest BCUT2D eigenvalue weighted by atomic mass is 16.8. The zero-order valence-corrected chi connectivity index (χ0v) is 21.2. The normalized spacial score (nSPS) is 16.4. The van der Waals surface area contributed by atoms with Gasteiger partial charge in [-0.15, -0.1) is 5.06 Å². The molecule has 12 nitrogen and oxygen atoms in total. The molecule has 0 bridgehead atoms. The van der Waals surface area contributed by atoms with Crippen LogP contribution in [-0.2, 0) is 19.2 Å². The Hall–Kier alpha value is -4.06. The fourth-order valence-corrected chi connectivity index (χ4v) is 4.11. The minimum absolute atomic E-state index is 0.0778. The number of nitrogens with one attached hydrogen (secondary N) is 1. The first-order valence-corrected chi connectivity index (χ1v) is 12.7. The predicted molar refractivity (Wildman–Crippen MR) is 134 cm³/mol. The number of carboxylic acid groups (broad SMARTS) is 1. The number of ether oxygens (including phenoxy) is 1. The molecule has 4 rings (SSSR count). The molecule has 1 saturated carbocycles. The largest absolute Gasteiger partial charge is 0.527 e. The third-order valence-corrected chi connectivity index (χ3v) is 6.27. The van der Waals surface area contributed by atoms with Crippen molar-refractivity contribution in [1.29, 1.82) is 0 Å². The number of hydroxylamine groups is 2. The van der Waals surface area contributed by atoms with Gasteiger partial charge in [0.15, 0.2) is 5.82 Å². The van der Waals surface area contributed by atoms with Crippen molar-refractivity contribution in [2.24, 2.45) is 0 Å². The highest BCUT2D eigenvalue weighted by Gasteiger charge is 2.32. The van der Waals surface area contributed by atoms with E-state index in [1.54, 1.807) is 13.0 Å². The van der Waals surface area contributed by atoms with Crippen molar-refractivity contribution >= 4 is 23.9 Å². The first-order chi connectivity index (χ1) is 18.3. The van der Waals surface area contributed by atoms with Crippen LogP contribution < -0.4 is 5.32 Å². The molecule has 202 valence electrons. The minimum atomic E-state index is -1.07. The van der Waals surface area contributed by atoms with E-state index in [4.69, 9.17) is 9.57 Å². The number of benzene rings is 1. The molecular weight excluding hydrogens is 494 g/mol. The van der Waals surface area contributed by atoms with Crippen LogP contribution in [0, 0.1) is 0 Å². The molecule has 1 atom stereocenters. The summed E-state index contributed by atoms with van der Waals surface area (Å²) in [4.78, 5) is 65.1. The Morgan fingerprint density at radius 3 is 2.42 bits per heavy atom. The maximum Gasteiger partial charge on any atom is 0.527 e. The lowest BCUT2D eigenvalue weighted by Gasteiger charge is -2.35. The number of carbonyl (C=O) groups excluding carboxylic acids is 3. The van der Waals surface area contributed by atoms with Gasteiger partial charge in [-0.05, 0) is 32.3 Å². The second kappa shape index (κ2) is 12.5. The summed E-state index contributed by atoms with van der Waals surface area (Å²) in [5, 5.41) is 13.3. The first-order valence-electron chi connectivity index (χ1n) is 12.7. The topological polar surface area (TPSA) is 151 Å². The van der Waals surface area contributed by atoms with Gasteiger partial charge in [-0.2, -0.15) is 0 Å². The fourth-order valence-electron chi connectivity index (χ4n) is 4.11. The molecule has 2 N–H and O–H groups in total. The van der Waals surface area contributed by atoms with E-state index in [0.717, 1.165) is 24.1 Å². The first kappa shape index (κ1) is 27.0. The average Bonchev–Trinajstić information content (AvgIpc) is 3.77. The van der Waals surface area contributed by atoms with Gasteiger partial charge in [-0.1, -0.05) is 30.3 Å². The van der Waals surface area contributed by atoms with E-state index in [1.807, 2.05) is 30.3 Å². The van der Waals surface area contributed by atoms with Gasteiger partial charge in [0.1, 0.15) is 11.7 Å². The van der Waals surface area contributed by atoms with Crippen molar-refractivity contribution < 1.29 is 33.9 Å². The fraction of sp³-hybridized carbons (Fsp3) is 0.462. The molecule has 1 saturated heterocycles. The van der Waals surface area contributed by atoms with Crippen LogP contribution in [0.5, 0.6) is 0 Å². The lowest BCUT2D eigenvalue weighted by molar-refractivity contribution is -0.157. The van der Waals surface area contributed by atoms with Gasteiger partial charge in [-0.3, -0.25) is 14.4 Å². The summed E-state index contributed by atoms with van der Waals surface area (Å²) < 4.78 is 4.76. The Bertz CT molecular complexity index is 1160. The van der Waals surface area contributed by atoms with E-state index in [-0.39, 0.29) is 57.2 Å². The molecule has 38 heavy (non-hydrogen) atoms. The molecule has 0 spiro atoms. The number of nitrogens with zero attached hydrogens (tertiary/aromatic N) is 4. The molecule has 2 amide bonds. The zero-order chi connectivity index (χ0) is 27.1. The van der Waals surface area contributed by atoms with E-state index in [1.165, 1.54) is 9.96 Å². The van der Waals surface area contributed by atoms with Gasteiger partial charge in [0.05, 0.1) is 19.7 Å². The number of hydrogen-bond donors (Lipinski definition) is 2. The standard InChI is InChI=1S/C26H31N5O7/c1-2-37-26(36)38-31-14-12-30(13-15-31)25(35)19(10-11-22(32)33)29-24(34)21-16-20(17-8-9-17)27-23(28-21)18-6-4-3-5-7-18/h3-7,16-17,19H,2,8-15H2,1H3,(H,29,34)(H,32,33)/t19-/m0/s1. The molecule has 12 heteroatoms. The van der Waals surface area contributed by atoms with Crippen molar-refractivity contribution in [1.82, 2.24) is 25.2 Å². The maximum absolute atomic E-state index is 13.3. The van der Waals surface area contributed by atoms with Crippen molar-refractivity contribution in [2.45, 2.75) is 44.6 Å². The molecular formula is C26H31N5O7. The Labute approximate surface area is 219 Å². The van der Waals surface area contributed by atoms with Gasteiger partial charge in [0.2, 0.25) is 5.91 Å². The summed E-state index contributed by atoms with van der Waals surface area (Å²) in [5.41, 5.74) is 1.67. The van der Waals surface area contributed by atoms with Crippen LogP contribution in [-0.4, -0.2) is 87.8 Å². The molecule has 0 radical (unpaired) electrons. The van der Waals surface area contributed by atoms with Gasteiger partial charge >= 0.3 is 12.1 Å². The van der Waals surface area contributed by atoms with Crippen LogP contribution in [0.4, 0.5) is 4.79 Å². The SMILES string of the molecule is CCOC(=O)ON1CCN(C(=O)[C@H](CCC(=O)O)NC(=O)c2cc(C3CC3)nc(-c3ccccc3)n2)CC1. The summed E-state index contributed by atoms with van der Waals surface area (Å²) in [6.45, 7) is 2.82. The maximum atomic E-state index is 13.3. The van der Waals surface area contributed by atoms with Crippen LogP contribution in [0.3, 0.4) is 0 Å². The quantitative estimate of drug-likeness (QED) is 0.442. The molecule has 2 aliphatic rings. The zero-order valence-electron chi connectivity index (χ0n) is 21.2. The predicted octanol–water partition coefficient (Wildman–Crippen LogP) is 2.22. The third-order valence-electron chi connectivity index (χ3n) is 6.27. The summed E-state index contributed by atoms with van der Waals surface area (Å²) in [6.07, 6.45) is 0.778. The van der Waals surface area contributed by atoms with Crippen LogP contribution in [0.25, 0.3) is 11.4 Å². The summed E-state index contributed by atoms with van der Waals surface area (Å²) >= 11 is 0. The van der Waals surface area contributed by atoms with Crippen molar-refractivity contribution in [3.63, 3.8) is 0 Å². The highest BCUT2D eigenvalue weighted by molar-refractivity contribution is 5.96. The lowest BCUT2D eigenvalue weighted by Crippen LogP contribution is -2.55. The molecule has 1 aliphatic carbocycles. The number of carboxylic acids is 1. The van der Waals surface area contributed by atoms with Crippen LogP contribution in [0.1, 0.15) is 54.7 Å². The van der Waals surface area contributed by atoms with Crippen LogP contribution >= 0.6 is 0 Å². The molecule has 0 unspecified atom stereocenters. The van der Waals surface area contributed by atoms with Gasteiger partial charge in [0.25, 0.3) is 5.91 Å². The van der Waals surface area contributed by atoms with Crippen molar-refractivity contribution in [2.75, 3.05) is 32.8 Å². The number of amides is 2. The van der Waals surface area contributed by atoms with E-state index < -0.39 is 30.0 Å². The van der Waals surface area contributed by atoms with Crippen LogP contribution in [0.15, 0.2) is 36.4 Å². The highest BCUT2D eigenvalue weighted by Crippen LogP contribution is 2.39. The monoisotopic (exact) mass is 525 g/mol. The Kier molecular flexibility index (Phi) is 8.85. The number of piperazine rings is 1. The average molecular weight is 526 g/mol.